The minimum Gasteiger partial charge on any atom is -0.477 e. The zero-order valence-corrected chi connectivity index (χ0v) is 8.54. The molecule has 0 aliphatic carbocycles. The molecule has 3 nitrogen and oxygen atoms in total. The summed E-state index contributed by atoms with van der Waals surface area (Å²) in [5, 5.41) is 4.20. The van der Waals surface area contributed by atoms with Crippen LogP contribution >= 0.6 is 15.9 Å². The maximum Gasteiger partial charge on any atom is 0.226 e. The number of halogens is 1. The predicted molar refractivity (Wildman–Crippen MR) is 49.2 cm³/mol. The lowest BCUT2D eigenvalue weighted by Gasteiger charge is -2.22. The summed E-state index contributed by atoms with van der Waals surface area (Å²) < 4.78 is 8.43. The van der Waals surface area contributed by atoms with Crippen molar-refractivity contribution in [3.63, 3.8) is 0 Å². The summed E-state index contributed by atoms with van der Waals surface area (Å²) in [6.45, 7) is 3.98. The lowest BCUT2D eigenvalue weighted by Crippen LogP contribution is -2.25. The van der Waals surface area contributed by atoms with Crippen LogP contribution in [0.4, 0.5) is 0 Å². The second kappa shape index (κ2) is 3.09. The molecule has 0 N–H and O–H groups in total. The molecule has 1 atom stereocenters. The Kier molecular flexibility index (Phi) is 2.09. The van der Waals surface area contributed by atoms with Gasteiger partial charge in [-0.1, -0.05) is 6.92 Å². The number of hydrogen-bond donors (Lipinski definition) is 0. The largest absolute Gasteiger partial charge is 0.477 e. The number of fused-ring (bicyclic) bond motifs is 1. The third-order valence-corrected chi connectivity index (χ3v) is 2.76. The first-order chi connectivity index (χ1) is 5.81. The van der Waals surface area contributed by atoms with Crippen LogP contribution in [-0.4, -0.2) is 16.4 Å². The number of nitrogens with zero attached hydrogens (tertiary/aromatic N) is 2. The normalized spacial score (nSPS) is 21.7. The maximum atomic E-state index is 5.55. The Morgan fingerprint density at radius 3 is 3.42 bits per heavy atom. The van der Waals surface area contributed by atoms with Gasteiger partial charge in [0.05, 0.1) is 23.8 Å². The summed E-state index contributed by atoms with van der Waals surface area (Å²) in [6, 6.07) is 0. The van der Waals surface area contributed by atoms with Gasteiger partial charge in [0.15, 0.2) is 0 Å². The van der Waals surface area contributed by atoms with Crippen molar-refractivity contribution in [1.82, 2.24) is 9.78 Å². The molecule has 12 heavy (non-hydrogen) atoms. The summed E-state index contributed by atoms with van der Waals surface area (Å²) in [5.41, 5.74) is 0. The second-order valence-electron chi connectivity index (χ2n) is 3.07. The van der Waals surface area contributed by atoms with Gasteiger partial charge in [-0.15, -0.1) is 0 Å². The maximum absolute atomic E-state index is 5.55. The van der Waals surface area contributed by atoms with Crippen LogP contribution in [0.2, 0.25) is 0 Å². The van der Waals surface area contributed by atoms with E-state index in [0.717, 1.165) is 29.9 Å². The number of aromatic nitrogens is 2. The van der Waals surface area contributed by atoms with Gasteiger partial charge in [0.25, 0.3) is 0 Å². The van der Waals surface area contributed by atoms with E-state index in [1.54, 1.807) is 6.20 Å². The Morgan fingerprint density at radius 2 is 2.67 bits per heavy atom. The van der Waals surface area contributed by atoms with E-state index >= 15 is 0 Å². The van der Waals surface area contributed by atoms with Crippen molar-refractivity contribution < 1.29 is 4.74 Å². The first-order valence-electron chi connectivity index (χ1n) is 4.15. The number of hydrogen-bond acceptors (Lipinski definition) is 2. The van der Waals surface area contributed by atoms with Crippen molar-refractivity contribution in [3.8, 4) is 5.88 Å². The van der Waals surface area contributed by atoms with Gasteiger partial charge in [0.1, 0.15) is 0 Å². The van der Waals surface area contributed by atoms with E-state index in [2.05, 4.69) is 28.0 Å². The molecule has 1 aromatic rings. The summed E-state index contributed by atoms with van der Waals surface area (Å²) in [6.07, 6.45) is 2.93. The molecule has 0 fully saturated rings. The highest BCUT2D eigenvalue weighted by Crippen LogP contribution is 2.29. The Hall–Kier alpha value is -0.510. The Morgan fingerprint density at radius 1 is 1.83 bits per heavy atom. The van der Waals surface area contributed by atoms with Crippen LogP contribution in [0.1, 0.15) is 13.3 Å². The van der Waals surface area contributed by atoms with Gasteiger partial charge in [0.2, 0.25) is 5.88 Å². The van der Waals surface area contributed by atoms with Crippen molar-refractivity contribution in [3.05, 3.63) is 10.7 Å². The fraction of sp³-hybridized carbons (Fsp3) is 0.625. The minimum absolute atomic E-state index is 0.615. The molecule has 2 heterocycles. The molecule has 1 aromatic heterocycles. The molecule has 1 aliphatic heterocycles. The van der Waals surface area contributed by atoms with E-state index in [-0.39, 0.29) is 0 Å². The van der Waals surface area contributed by atoms with Gasteiger partial charge >= 0.3 is 0 Å². The van der Waals surface area contributed by atoms with E-state index in [0.29, 0.717) is 5.92 Å². The highest BCUT2D eigenvalue weighted by atomic mass is 79.9. The van der Waals surface area contributed by atoms with Crippen molar-refractivity contribution in [1.29, 1.82) is 0 Å². The third-order valence-electron chi connectivity index (χ3n) is 2.21. The van der Waals surface area contributed by atoms with E-state index < -0.39 is 0 Å². The van der Waals surface area contributed by atoms with Crippen molar-refractivity contribution in [2.75, 3.05) is 6.61 Å². The van der Waals surface area contributed by atoms with Crippen LogP contribution in [-0.2, 0) is 6.54 Å². The van der Waals surface area contributed by atoms with Gasteiger partial charge in [-0.05, 0) is 22.4 Å². The highest BCUT2D eigenvalue weighted by molar-refractivity contribution is 9.10. The van der Waals surface area contributed by atoms with Gasteiger partial charge in [-0.2, -0.15) is 5.10 Å². The molecular weight excluding hydrogens is 220 g/mol. The molecule has 0 saturated heterocycles. The van der Waals surface area contributed by atoms with Gasteiger partial charge < -0.3 is 4.74 Å². The molecule has 0 amide bonds. The molecule has 0 bridgehead atoms. The standard InChI is InChI=1S/C8H11BrN2O/c1-2-6-4-11-8(12-5-6)7(9)3-10-11/h3,6H,2,4-5H2,1H3/t6-/m1/s1. The van der Waals surface area contributed by atoms with Crippen LogP contribution in [0.15, 0.2) is 10.7 Å². The third kappa shape index (κ3) is 1.24. The van der Waals surface area contributed by atoms with E-state index in [1.165, 1.54) is 0 Å². The molecule has 0 aromatic carbocycles. The molecule has 2 rings (SSSR count). The van der Waals surface area contributed by atoms with Crippen molar-refractivity contribution >= 4 is 15.9 Å². The first kappa shape index (κ1) is 8.10. The van der Waals surface area contributed by atoms with Gasteiger partial charge in [0, 0.05) is 5.92 Å². The average Bonchev–Trinajstić information content (AvgIpc) is 2.47. The van der Waals surface area contributed by atoms with E-state index in [1.807, 2.05) is 4.68 Å². The Balaban J connectivity index is 2.24. The van der Waals surface area contributed by atoms with Gasteiger partial charge in [-0.25, -0.2) is 4.68 Å². The summed E-state index contributed by atoms with van der Waals surface area (Å²) in [7, 11) is 0. The highest BCUT2D eigenvalue weighted by Gasteiger charge is 2.20. The quantitative estimate of drug-likeness (QED) is 0.739. The molecule has 1 aliphatic rings. The lowest BCUT2D eigenvalue weighted by molar-refractivity contribution is 0.160. The predicted octanol–water partition coefficient (Wildman–Crippen LogP) is 2.06. The van der Waals surface area contributed by atoms with Crippen LogP contribution in [0.3, 0.4) is 0 Å². The van der Waals surface area contributed by atoms with E-state index in [9.17, 15) is 0 Å². The molecule has 0 spiro atoms. The van der Waals surface area contributed by atoms with Crippen LogP contribution < -0.4 is 4.74 Å². The summed E-state index contributed by atoms with van der Waals surface area (Å²) in [4.78, 5) is 0. The molecule has 0 radical (unpaired) electrons. The topological polar surface area (TPSA) is 27.1 Å². The van der Waals surface area contributed by atoms with Crippen molar-refractivity contribution in [2.45, 2.75) is 19.9 Å². The molecule has 4 heteroatoms. The Labute approximate surface area is 79.8 Å². The number of rotatable bonds is 1. The fourth-order valence-corrected chi connectivity index (χ4v) is 1.78. The van der Waals surface area contributed by atoms with Crippen molar-refractivity contribution in [2.24, 2.45) is 5.92 Å². The SMILES string of the molecule is CC[C@H]1COc2c(Br)cnn2C1. The summed E-state index contributed by atoms with van der Waals surface area (Å²) in [5.74, 6) is 1.49. The molecule has 66 valence electrons. The zero-order chi connectivity index (χ0) is 8.55. The monoisotopic (exact) mass is 230 g/mol. The fourth-order valence-electron chi connectivity index (χ4n) is 1.37. The van der Waals surface area contributed by atoms with E-state index in [4.69, 9.17) is 4.74 Å². The zero-order valence-electron chi connectivity index (χ0n) is 6.96. The molecule has 0 saturated carbocycles. The number of ether oxygens (including phenoxy) is 1. The average molecular weight is 231 g/mol. The smallest absolute Gasteiger partial charge is 0.226 e. The van der Waals surface area contributed by atoms with Crippen LogP contribution in [0, 0.1) is 5.92 Å². The lowest BCUT2D eigenvalue weighted by atomic mass is 10.1. The molecule has 0 unspecified atom stereocenters. The Bertz CT molecular complexity index is 285. The van der Waals surface area contributed by atoms with Crippen LogP contribution in [0.5, 0.6) is 5.88 Å². The molecular formula is C8H11BrN2O. The minimum atomic E-state index is 0.615. The second-order valence-corrected chi connectivity index (χ2v) is 3.92. The summed E-state index contributed by atoms with van der Waals surface area (Å²) >= 11 is 3.39. The van der Waals surface area contributed by atoms with Gasteiger partial charge in [-0.3, -0.25) is 0 Å². The first-order valence-corrected chi connectivity index (χ1v) is 4.94. The van der Waals surface area contributed by atoms with Crippen LogP contribution in [0.25, 0.3) is 0 Å².